The number of alkyl halides is 3. The number of halogens is 7. The average Bonchev–Trinajstić information content (AvgIpc) is 1.49. The van der Waals surface area contributed by atoms with Crippen molar-refractivity contribution in [2.24, 2.45) is 0 Å². The van der Waals surface area contributed by atoms with Crippen molar-refractivity contribution in [3.8, 4) is 11.3 Å². The third-order valence-corrected chi connectivity index (χ3v) is 22.2. The molecule has 1 aliphatic rings. The average molecular weight is 1310 g/mol. The van der Waals surface area contributed by atoms with Crippen LogP contribution in [0.15, 0.2) is 142 Å². The highest BCUT2D eigenvalue weighted by Gasteiger charge is 2.46. The number of amides is 3. The van der Waals surface area contributed by atoms with E-state index >= 15 is 0 Å². The van der Waals surface area contributed by atoms with Crippen LogP contribution in [-0.2, 0) is 54.8 Å². The topological polar surface area (TPSA) is 254 Å². The Morgan fingerprint density at radius 1 is 0.616 bits per heavy atom. The summed E-state index contributed by atoms with van der Waals surface area (Å²) in [7, 11) is -12.1. The fourth-order valence-corrected chi connectivity index (χ4v) is 12.6. The molecule has 8 rings (SSSR count). The standard InChI is InChI=1S/C19H15ClF2N2O3S2.C19H23ClN2O3S.C19H21F3N4O4S/c1-19(2,29(26,27)13-6-4-12(20)5-7-13)17(25)24-18-23-16(10-28-18)11-3-8-14(21)15(22)9-11;1-5-13(2)14-6-11-17(21-12-14)22-18(23)19(3,4)26(24,25)16-9-7-15(20)8-10-16;1-18(2,17(27)25-15-5-3-13(11-23-15)19(20,21)22)31(28,29)14-4-6-16(24-12-14)26-7-9-30-10-8-26/h3-10H,1-2H3,(H,23,24,25);6-13H,5H2,1-4H3,(H,21,22,23);3-6,11-12H,7-10H2,1-2H3,(H,23,25,27). The molecule has 3 amide bonds. The molecule has 1 unspecified atom stereocenters. The summed E-state index contributed by atoms with van der Waals surface area (Å²) >= 11 is 12.6. The number of carbonyl (C=O) groups is 3. The maximum atomic E-state index is 13.4. The zero-order valence-corrected chi connectivity index (χ0v) is 52.1. The van der Waals surface area contributed by atoms with Crippen molar-refractivity contribution in [3.63, 3.8) is 0 Å². The molecule has 1 atom stereocenters. The van der Waals surface area contributed by atoms with Crippen LogP contribution in [0.25, 0.3) is 11.3 Å². The van der Waals surface area contributed by atoms with Gasteiger partial charge in [-0.25, -0.2) is 54.0 Å². The summed E-state index contributed by atoms with van der Waals surface area (Å²) in [5, 5.41) is 9.82. The van der Waals surface area contributed by atoms with Crippen molar-refractivity contribution >= 4 is 104 Å². The van der Waals surface area contributed by atoms with E-state index in [9.17, 15) is 61.6 Å². The molecule has 0 spiro atoms. The zero-order valence-electron chi connectivity index (χ0n) is 47.3. The monoisotopic (exact) mass is 1310 g/mol. The van der Waals surface area contributed by atoms with Gasteiger partial charge in [0, 0.05) is 52.7 Å². The number of carbonyl (C=O) groups excluding carboxylic acids is 3. The van der Waals surface area contributed by atoms with E-state index in [1.807, 2.05) is 11.0 Å². The molecular formula is C57H59Cl2F5N8O10S4. The summed E-state index contributed by atoms with van der Waals surface area (Å²) in [6.07, 6.45) is -0.139. The highest BCUT2D eigenvalue weighted by molar-refractivity contribution is 7.94. The van der Waals surface area contributed by atoms with Gasteiger partial charge in [-0.2, -0.15) is 13.2 Å². The van der Waals surface area contributed by atoms with E-state index in [2.05, 4.69) is 49.7 Å². The first-order valence-corrected chi connectivity index (χ1v) is 32.0. The van der Waals surface area contributed by atoms with Crippen molar-refractivity contribution in [2.45, 2.75) is 103 Å². The minimum absolute atomic E-state index is 0.0383. The van der Waals surface area contributed by atoms with Gasteiger partial charge in [0.25, 0.3) is 0 Å². The number of morpholine rings is 1. The largest absolute Gasteiger partial charge is 0.417 e. The Labute approximate surface area is 508 Å². The van der Waals surface area contributed by atoms with Gasteiger partial charge < -0.3 is 25.6 Å². The second-order valence-corrected chi connectivity index (χ2v) is 29.9. The van der Waals surface area contributed by atoms with Gasteiger partial charge in [0.1, 0.15) is 31.7 Å². The molecule has 0 aliphatic carbocycles. The Morgan fingerprint density at radius 3 is 1.52 bits per heavy atom. The van der Waals surface area contributed by atoms with Gasteiger partial charge >= 0.3 is 6.18 Å². The maximum absolute atomic E-state index is 13.4. The fraction of sp³-hybridized carbons (Fsp3) is 0.316. The molecule has 5 heterocycles. The highest BCUT2D eigenvalue weighted by Crippen LogP contribution is 2.34. The van der Waals surface area contributed by atoms with Gasteiger partial charge in [-0.3, -0.25) is 14.4 Å². The number of thiazole rings is 1. The van der Waals surface area contributed by atoms with E-state index in [1.165, 1.54) is 108 Å². The van der Waals surface area contributed by atoms with Crippen LogP contribution < -0.4 is 20.9 Å². The number of benzene rings is 3. The quantitative estimate of drug-likeness (QED) is 0.0761. The van der Waals surface area contributed by atoms with Crippen LogP contribution in [0, 0.1) is 11.6 Å². The lowest BCUT2D eigenvalue weighted by Gasteiger charge is -2.28. The van der Waals surface area contributed by atoms with Crippen molar-refractivity contribution < 1.29 is 66.3 Å². The van der Waals surface area contributed by atoms with E-state index in [0.29, 0.717) is 71.4 Å². The molecular weight excluding hydrogens is 1250 g/mol. The van der Waals surface area contributed by atoms with E-state index < -0.39 is 84.8 Å². The van der Waals surface area contributed by atoms with Crippen LogP contribution in [0.5, 0.6) is 0 Å². The van der Waals surface area contributed by atoms with Crippen LogP contribution in [0.1, 0.15) is 78.9 Å². The second kappa shape index (κ2) is 27.4. The number of nitrogens with one attached hydrogen (secondary N) is 3. The van der Waals surface area contributed by atoms with Gasteiger partial charge in [0.2, 0.25) is 17.7 Å². The smallest absolute Gasteiger partial charge is 0.378 e. The molecule has 1 aliphatic heterocycles. The number of hydrogen-bond donors (Lipinski definition) is 3. The fourth-order valence-electron chi connectivity index (χ4n) is 7.53. The summed E-state index contributed by atoms with van der Waals surface area (Å²) < 4.78 is 142. The minimum atomic E-state index is -4.57. The molecule has 29 heteroatoms. The van der Waals surface area contributed by atoms with E-state index in [0.717, 1.165) is 47.6 Å². The predicted molar refractivity (Wildman–Crippen MR) is 320 cm³/mol. The Balaban J connectivity index is 0.000000207. The molecule has 460 valence electrons. The number of anilines is 4. The molecule has 0 radical (unpaired) electrons. The number of rotatable bonds is 16. The number of aromatic nitrogens is 4. The van der Waals surface area contributed by atoms with Crippen LogP contribution >= 0.6 is 34.5 Å². The Kier molecular flexibility index (Phi) is 21.7. The first kappa shape index (κ1) is 68.1. The first-order chi connectivity index (χ1) is 40.0. The van der Waals surface area contributed by atoms with Gasteiger partial charge in [-0.1, -0.05) is 43.1 Å². The molecule has 86 heavy (non-hydrogen) atoms. The molecule has 1 fully saturated rings. The van der Waals surface area contributed by atoms with Gasteiger partial charge in [0.05, 0.1) is 39.2 Å². The summed E-state index contributed by atoms with van der Waals surface area (Å²) in [4.78, 5) is 55.9. The molecule has 0 saturated carbocycles. The molecule has 7 aromatic rings. The van der Waals surface area contributed by atoms with E-state index in [-0.39, 0.29) is 25.6 Å². The highest BCUT2D eigenvalue weighted by atomic mass is 35.5. The number of ether oxygens (including phenoxy) is 1. The molecule has 0 bridgehead atoms. The normalized spacial score (nSPS) is 13.7. The molecule has 18 nitrogen and oxygen atoms in total. The number of sulfone groups is 3. The molecule has 3 N–H and O–H groups in total. The molecule has 4 aromatic heterocycles. The Morgan fingerprint density at radius 2 is 1.09 bits per heavy atom. The van der Waals surface area contributed by atoms with Crippen LogP contribution in [0.2, 0.25) is 10.0 Å². The van der Waals surface area contributed by atoms with Crippen molar-refractivity contribution in [1.29, 1.82) is 0 Å². The van der Waals surface area contributed by atoms with Crippen LogP contribution in [0.4, 0.5) is 44.5 Å². The van der Waals surface area contributed by atoms with Crippen molar-refractivity contribution in [2.75, 3.05) is 47.2 Å². The Hall–Kier alpha value is -7.01. The van der Waals surface area contributed by atoms with E-state index in [1.54, 1.807) is 23.7 Å². The summed E-state index contributed by atoms with van der Waals surface area (Å²) in [6.45, 7) is 14.3. The minimum Gasteiger partial charge on any atom is -0.378 e. The summed E-state index contributed by atoms with van der Waals surface area (Å²) in [5.74, 6) is -3.26. The number of nitrogens with zero attached hydrogens (tertiary/aromatic N) is 5. The van der Waals surface area contributed by atoms with Gasteiger partial charge in [-0.15, -0.1) is 11.3 Å². The first-order valence-electron chi connectivity index (χ1n) is 25.9. The van der Waals surface area contributed by atoms with Crippen LogP contribution in [0.3, 0.4) is 0 Å². The lowest BCUT2D eigenvalue weighted by atomic mass is 10.0. The molecule has 1 saturated heterocycles. The maximum Gasteiger partial charge on any atom is 0.417 e. The number of hydrogen-bond acceptors (Lipinski definition) is 16. The van der Waals surface area contributed by atoms with Crippen LogP contribution in [-0.4, -0.2) is 103 Å². The predicted octanol–water partition coefficient (Wildman–Crippen LogP) is 11.9. The van der Waals surface area contributed by atoms with Crippen molar-refractivity contribution in [1.82, 2.24) is 19.9 Å². The molecule has 3 aromatic carbocycles. The lowest BCUT2D eigenvalue weighted by Crippen LogP contribution is -2.44. The van der Waals surface area contributed by atoms with Gasteiger partial charge in [-0.05, 0) is 157 Å². The van der Waals surface area contributed by atoms with Gasteiger partial charge in [0.15, 0.2) is 46.3 Å². The summed E-state index contributed by atoms with van der Waals surface area (Å²) in [6, 6.07) is 22.8. The third kappa shape index (κ3) is 15.8. The Bertz CT molecular complexity index is 3900. The lowest BCUT2D eigenvalue weighted by molar-refractivity contribution is -0.137. The zero-order chi connectivity index (χ0) is 63.8. The van der Waals surface area contributed by atoms with Crippen molar-refractivity contribution in [3.05, 3.63) is 160 Å². The summed E-state index contributed by atoms with van der Waals surface area (Å²) in [5.41, 5.74) is 0.735. The number of pyridine rings is 3. The third-order valence-electron chi connectivity index (χ3n) is 13.8. The van der Waals surface area contributed by atoms with E-state index in [4.69, 9.17) is 27.9 Å². The second-order valence-electron chi connectivity index (χ2n) is 20.6. The SMILES string of the molecule is CC(C)(C(=O)Nc1ccc(C(F)(F)F)cn1)S(=O)(=O)c1ccc(N2CCOCC2)nc1.CC(C)(C(=O)Nc1nc(-c2ccc(F)c(F)c2)cs1)S(=O)(=O)c1ccc(Cl)cc1.CCC(C)c1ccc(NC(=O)C(C)(C)S(=O)(=O)c2ccc(Cl)cc2)nc1.